The van der Waals surface area contributed by atoms with Crippen LogP contribution in [0, 0.1) is 0 Å². The van der Waals surface area contributed by atoms with Crippen LogP contribution in [-0.4, -0.2) is 39.5 Å². The smallest absolute Gasteiger partial charge is 0.353 e. The summed E-state index contributed by atoms with van der Waals surface area (Å²) in [6.45, 7) is 4.20. The van der Waals surface area contributed by atoms with E-state index in [0.29, 0.717) is 18.0 Å². The highest BCUT2D eigenvalue weighted by molar-refractivity contribution is 6.25. The van der Waals surface area contributed by atoms with E-state index < -0.39 is 0 Å². The summed E-state index contributed by atoms with van der Waals surface area (Å²) < 4.78 is 7.87. The molecule has 2 aromatic carbocycles. The number of ether oxygens (including phenoxy) is 1. The lowest BCUT2D eigenvalue weighted by Crippen LogP contribution is -2.22. The Labute approximate surface area is 202 Å². The first kappa shape index (κ1) is 24.8. The van der Waals surface area contributed by atoms with Gasteiger partial charge in [0.25, 0.3) is 0 Å². The molecule has 0 spiro atoms. The summed E-state index contributed by atoms with van der Waals surface area (Å²) in [5.74, 6) is 0. The Hall–Kier alpha value is -3.85. The third-order valence-corrected chi connectivity index (χ3v) is 5.09. The summed E-state index contributed by atoms with van der Waals surface area (Å²) in [6, 6.07) is 15.3. The molecule has 0 bridgehead atoms. The molecule has 178 valence electrons. The summed E-state index contributed by atoms with van der Waals surface area (Å²) in [6.07, 6.45) is 1.66. The molecule has 0 amide bonds. The number of aryl methyl sites for hydroxylation is 1. The van der Waals surface area contributed by atoms with Gasteiger partial charge in [-0.15, -0.1) is 5.10 Å². The molecule has 0 unspecified atom stereocenters. The summed E-state index contributed by atoms with van der Waals surface area (Å²) in [7, 11) is 3.04. The quantitative estimate of drug-likeness (QED) is 0.247. The van der Waals surface area contributed by atoms with Crippen molar-refractivity contribution < 1.29 is 14.4 Å². The number of rotatable bonds is 10. The van der Waals surface area contributed by atoms with Gasteiger partial charge in [-0.3, -0.25) is 0 Å². The van der Waals surface area contributed by atoms with Gasteiger partial charge in [0.2, 0.25) is 0 Å². The number of benzene rings is 2. The minimum Gasteiger partial charge on any atom is -0.467 e. The third-order valence-electron chi connectivity index (χ3n) is 4.91. The molecule has 0 aliphatic rings. The standard InChI is InChI=1S/C24H26ClN5O4/c1-17(27-33-15-7-14-25)19-10-12-20(13-11-19)18(2)28-34-16-21-8-5-6-9-22(21)30-23(32-4)26-29(3)24(30)31/h5-14H,15-16H2,1-4H3/b14-7+,27-17+,28-18+. The van der Waals surface area contributed by atoms with Crippen LogP contribution in [0.3, 0.4) is 0 Å². The Morgan fingerprint density at radius 2 is 1.65 bits per heavy atom. The number of methoxy groups -OCH3 is 1. The predicted molar refractivity (Wildman–Crippen MR) is 132 cm³/mol. The van der Waals surface area contributed by atoms with Crippen LogP contribution >= 0.6 is 11.6 Å². The summed E-state index contributed by atoms with van der Waals surface area (Å²) in [5, 5.41) is 12.4. The van der Waals surface area contributed by atoms with Gasteiger partial charge in [-0.2, -0.15) is 0 Å². The maximum atomic E-state index is 12.5. The van der Waals surface area contributed by atoms with Crippen molar-refractivity contribution in [2.75, 3.05) is 13.7 Å². The first-order valence-corrected chi connectivity index (χ1v) is 10.9. The van der Waals surface area contributed by atoms with Gasteiger partial charge in [-0.25, -0.2) is 14.0 Å². The van der Waals surface area contributed by atoms with Crippen LogP contribution in [0.2, 0.25) is 0 Å². The fraction of sp³-hybridized carbons (Fsp3) is 0.250. The molecule has 0 radical (unpaired) electrons. The molecule has 3 rings (SSSR count). The molecule has 0 fully saturated rings. The first-order valence-electron chi connectivity index (χ1n) is 10.4. The van der Waals surface area contributed by atoms with Crippen molar-refractivity contribution in [2.45, 2.75) is 20.5 Å². The van der Waals surface area contributed by atoms with Crippen LogP contribution in [0.4, 0.5) is 0 Å². The predicted octanol–water partition coefficient (Wildman–Crippen LogP) is 4.01. The molecule has 10 heteroatoms. The number of halogens is 1. The molecule has 1 aromatic heterocycles. The van der Waals surface area contributed by atoms with E-state index in [-0.39, 0.29) is 18.3 Å². The zero-order valence-corrected chi connectivity index (χ0v) is 20.2. The van der Waals surface area contributed by atoms with E-state index in [1.807, 2.05) is 56.3 Å². The Balaban J connectivity index is 1.71. The second-order valence-electron chi connectivity index (χ2n) is 7.22. The Morgan fingerprint density at radius 1 is 1.03 bits per heavy atom. The molecule has 0 aliphatic heterocycles. The largest absolute Gasteiger partial charge is 0.467 e. The van der Waals surface area contributed by atoms with E-state index in [4.69, 9.17) is 26.0 Å². The van der Waals surface area contributed by atoms with Gasteiger partial charge in [0.1, 0.15) is 13.2 Å². The van der Waals surface area contributed by atoms with Crippen molar-refractivity contribution in [3.8, 4) is 11.7 Å². The van der Waals surface area contributed by atoms with Crippen LogP contribution in [-0.2, 0) is 23.3 Å². The molecule has 34 heavy (non-hydrogen) atoms. The van der Waals surface area contributed by atoms with Crippen molar-refractivity contribution in [2.24, 2.45) is 17.4 Å². The van der Waals surface area contributed by atoms with E-state index in [1.54, 1.807) is 19.2 Å². The monoisotopic (exact) mass is 483 g/mol. The Bertz CT molecular complexity index is 1260. The van der Waals surface area contributed by atoms with Gasteiger partial charge in [0.05, 0.1) is 24.2 Å². The molecule has 3 aromatic rings. The molecule has 0 atom stereocenters. The van der Waals surface area contributed by atoms with Gasteiger partial charge >= 0.3 is 11.7 Å². The maximum absolute atomic E-state index is 12.5. The SMILES string of the molecule is COc1nn(C)c(=O)n1-c1ccccc1CO/N=C(\C)c1ccc(/C(C)=N/OC/C=C/Cl)cc1. The van der Waals surface area contributed by atoms with Crippen molar-refractivity contribution in [1.29, 1.82) is 0 Å². The average molecular weight is 484 g/mol. The number of oxime groups is 2. The van der Waals surface area contributed by atoms with Crippen LogP contribution in [0.1, 0.15) is 30.5 Å². The topological polar surface area (TPSA) is 92.2 Å². The maximum Gasteiger partial charge on any atom is 0.353 e. The summed E-state index contributed by atoms with van der Waals surface area (Å²) >= 11 is 5.45. The highest BCUT2D eigenvalue weighted by Crippen LogP contribution is 2.19. The first-order chi connectivity index (χ1) is 16.5. The minimum atomic E-state index is -0.316. The van der Waals surface area contributed by atoms with Gasteiger partial charge in [0, 0.05) is 18.1 Å². The van der Waals surface area contributed by atoms with E-state index in [0.717, 1.165) is 22.4 Å². The second kappa shape index (κ2) is 11.9. The molecular weight excluding hydrogens is 458 g/mol. The Kier molecular flexibility index (Phi) is 8.64. The minimum absolute atomic E-state index is 0.163. The van der Waals surface area contributed by atoms with Crippen molar-refractivity contribution in [3.63, 3.8) is 0 Å². The Morgan fingerprint density at radius 3 is 2.26 bits per heavy atom. The van der Waals surface area contributed by atoms with Crippen molar-refractivity contribution in [1.82, 2.24) is 14.3 Å². The molecule has 9 nitrogen and oxygen atoms in total. The number of hydrogen-bond acceptors (Lipinski definition) is 7. The average Bonchev–Trinajstić information content (AvgIpc) is 3.15. The van der Waals surface area contributed by atoms with Crippen LogP contribution in [0.15, 0.2) is 75.2 Å². The number of nitrogens with zero attached hydrogens (tertiary/aromatic N) is 5. The zero-order valence-electron chi connectivity index (χ0n) is 19.4. The van der Waals surface area contributed by atoms with Crippen LogP contribution < -0.4 is 10.4 Å². The van der Waals surface area contributed by atoms with Crippen molar-refractivity contribution in [3.05, 3.63) is 87.3 Å². The number of aromatic nitrogens is 3. The van der Waals surface area contributed by atoms with Crippen LogP contribution in [0.5, 0.6) is 6.01 Å². The zero-order chi connectivity index (χ0) is 24.5. The van der Waals surface area contributed by atoms with Crippen molar-refractivity contribution >= 4 is 23.0 Å². The summed E-state index contributed by atoms with van der Waals surface area (Å²) in [5.41, 5.74) is 5.74. The molecule has 1 heterocycles. The molecular formula is C24H26ClN5O4. The lowest BCUT2D eigenvalue weighted by Gasteiger charge is -2.10. The highest BCUT2D eigenvalue weighted by Gasteiger charge is 2.16. The van der Waals surface area contributed by atoms with E-state index in [9.17, 15) is 4.79 Å². The molecule has 0 saturated heterocycles. The molecule has 0 aliphatic carbocycles. The fourth-order valence-corrected chi connectivity index (χ4v) is 3.17. The lowest BCUT2D eigenvalue weighted by atomic mass is 10.1. The third kappa shape index (κ3) is 5.93. The van der Waals surface area contributed by atoms with Gasteiger partial charge in [0.15, 0.2) is 0 Å². The normalized spacial score (nSPS) is 12.3. The van der Waals surface area contributed by atoms with E-state index in [2.05, 4.69) is 15.4 Å². The van der Waals surface area contributed by atoms with Gasteiger partial charge < -0.3 is 14.4 Å². The van der Waals surface area contributed by atoms with Crippen LogP contribution in [0.25, 0.3) is 5.69 Å². The number of para-hydroxylation sites is 1. The summed E-state index contributed by atoms with van der Waals surface area (Å²) in [4.78, 5) is 23.3. The fourth-order valence-electron chi connectivity index (χ4n) is 3.10. The van der Waals surface area contributed by atoms with Gasteiger partial charge in [-0.1, -0.05) is 64.4 Å². The second-order valence-corrected chi connectivity index (χ2v) is 7.47. The number of hydrogen-bond donors (Lipinski definition) is 0. The highest BCUT2D eigenvalue weighted by atomic mass is 35.5. The van der Waals surface area contributed by atoms with E-state index >= 15 is 0 Å². The molecule has 0 N–H and O–H groups in total. The lowest BCUT2D eigenvalue weighted by molar-refractivity contribution is 0.130. The van der Waals surface area contributed by atoms with Gasteiger partial charge in [-0.05, 0) is 37.1 Å². The van der Waals surface area contributed by atoms with E-state index in [1.165, 1.54) is 21.9 Å². The molecule has 0 saturated carbocycles.